The Morgan fingerprint density at radius 2 is 2.00 bits per heavy atom. The van der Waals surface area contributed by atoms with Gasteiger partial charge in [0.25, 0.3) is 0 Å². The van der Waals surface area contributed by atoms with Gasteiger partial charge >= 0.3 is 0 Å². The monoisotopic (exact) mass is 263 g/mol. The molecule has 76 valence electrons. The zero-order valence-corrected chi connectivity index (χ0v) is 9.65. The topological polar surface area (TPSA) is 29.4 Å². The normalized spacial score (nSPS) is 20.2. The molecule has 1 aliphatic heterocycles. The minimum Gasteiger partial charge on any atom is -0.293 e. The summed E-state index contributed by atoms with van der Waals surface area (Å²) in [5.74, 6) is 0.105. The molecule has 2 nitrogen and oxygen atoms in total. The van der Waals surface area contributed by atoms with Crippen molar-refractivity contribution in [2.45, 2.75) is 11.2 Å². The van der Waals surface area contributed by atoms with Crippen LogP contribution >= 0.6 is 15.9 Å². The molecule has 0 fully saturated rings. The molecule has 3 heteroatoms. The van der Waals surface area contributed by atoms with Gasteiger partial charge in [0.2, 0.25) is 0 Å². The first-order valence-corrected chi connectivity index (χ1v) is 5.63. The second-order valence-electron chi connectivity index (χ2n) is 3.38. The van der Waals surface area contributed by atoms with Gasteiger partial charge in [0.05, 0.1) is 0 Å². The zero-order chi connectivity index (χ0) is 10.7. The highest BCUT2D eigenvalue weighted by molar-refractivity contribution is 9.10. The summed E-state index contributed by atoms with van der Waals surface area (Å²) in [7, 11) is 0. The Morgan fingerprint density at radius 1 is 1.27 bits per heavy atom. The Bertz CT molecular complexity index is 423. The van der Waals surface area contributed by atoms with E-state index in [1.54, 1.807) is 12.4 Å². The number of alkyl halides is 1. The van der Waals surface area contributed by atoms with Crippen LogP contribution in [0.5, 0.6) is 0 Å². The van der Waals surface area contributed by atoms with Crippen LogP contribution in [0, 0.1) is 0 Å². The fraction of sp³-hybridized carbons (Fsp3) is 0.167. The number of Topliss-reactive ketones (excluding diaryl/α,β-unsaturated/α-hetero) is 1. The van der Waals surface area contributed by atoms with Crippen molar-refractivity contribution in [2.24, 2.45) is 4.99 Å². The molecule has 1 aliphatic rings. The van der Waals surface area contributed by atoms with Crippen LogP contribution in [0.25, 0.3) is 0 Å². The van der Waals surface area contributed by atoms with Crippen molar-refractivity contribution in [3.05, 3.63) is 47.7 Å². The maximum Gasteiger partial charge on any atom is 0.179 e. The number of carbonyl (C=O) groups is 1. The fourth-order valence-electron chi connectivity index (χ4n) is 1.47. The third-order valence-electron chi connectivity index (χ3n) is 2.25. The van der Waals surface area contributed by atoms with Crippen LogP contribution in [0.3, 0.4) is 0 Å². The molecule has 0 bridgehead atoms. The lowest BCUT2D eigenvalue weighted by Gasteiger charge is -2.11. The molecule has 1 unspecified atom stereocenters. The van der Waals surface area contributed by atoms with Gasteiger partial charge in [0.15, 0.2) is 5.78 Å². The van der Waals surface area contributed by atoms with E-state index in [4.69, 9.17) is 0 Å². The second-order valence-corrected chi connectivity index (χ2v) is 4.37. The van der Waals surface area contributed by atoms with Gasteiger partial charge in [-0.15, -0.1) is 0 Å². The summed E-state index contributed by atoms with van der Waals surface area (Å²) < 4.78 is 0. The SMILES string of the molecule is O=C1C(Cc2ccccc2)=CN=CC1Br. The Hall–Kier alpha value is -1.22. The first-order chi connectivity index (χ1) is 7.27. The van der Waals surface area contributed by atoms with E-state index >= 15 is 0 Å². The lowest BCUT2D eigenvalue weighted by Crippen LogP contribution is -2.21. The molecule has 1 aromatic rings. The number of aliphatic imine (C=N–C) groups is 1. The molecule has 0 saturated heterocycles. The number of ketones is 1. The summed E-state index contributed by atoms with van der Waals surface area (Å²) in [4.78, 5) is 15.5. The Balaban J connectivity index is 2.16. The van der Waals surface area contributed by atoms with Gasteiger partial charge in [0, 0.05) is 24.4 Å². The van der Waals surface area contributed by atoms with E-state index in [9.17, 15) is 4.79 Å². The molecule has 1 aromatic carbocycles. The molecular formula is C12H10BrNO. The third-order valence-corrected chi connectivity index (χ3v) is 2.90. The molecule has 0 N–H and O–H groups in total. The molecule has 0 aromatic heterocycles. The minimum atomic E-state index is -0.263. The molecular weight excluding hydrogens is 254 g/mol. The number of nitrogens with zero attached hydrogens (tertiary/aromatic N) is 1. The number of carbonyl (C=O) groups excluding carboxylic acids is 1. The molecule has 1 heterocycles. The van der Waals surface area contributed by atoms with Crippen molar-refractivity contribution in [1.29, 1.82) is 0 Å². The summed E-state index contributed by atoms with van der Waals surface area (Å²) in [6.07, 6.45) is 3.91. The predicted octanol–water partition coefficient (Wildman–Crippen LogP) is 2.53. The van der Waals surface area contributed by atoms with E-state index in [0.29, 0.717) is 6.42 Å². The van der Waals surface area contributed by atoms with Crippen molar-refractivity contribution in [3.63, 3.8) is 0 Å². The quantitative estimate of drug-likeness (QED) is 0.755. The summed E-state index contributed by atoms with van der Waals surface area (Å²) in [6.45, 7) is 0. The van der Waals surface area contributed by atoms with E-state index in [0.717, 1.165) is 11.1 Å². The van der Waals surface area contributed by atoms with E-state index in [-0.39, 0.29) is 10.6 Å². The van der Waals surface area contributed by atoms with Gasteiger partial charge in [-0.05, 0) is 5.56 Å². The Kier molecular flexibility index (Phi) is 3.11. The van der Waals surface area contributed by atoms with Gasteiger partial charge in [-0.2, -0.15) is 0 Å². The minimum absolute atomic E-state index is 0.105. The van der Waals surface area contributed by atoms with Crippen LogP contribution in [0.15, 0.2) is 47.1 Å². The molecule has 15 heavy (non-hydrogen) atoms. The van der Waals surface area contributed by atoms with Crippen LogP contribution in [-0.4, -0.2) is 16.8 Å². The smallest absolute Gasteiger partial charge is 0.179 e. The number of hydrogen-bond acceptors (Lipinski definition) is 2. The van der Waals surface area contributed by atoms with Gasteiger partial charge in [-0.3, -0.25) is 9.79 Å². The van der Waals surface area contributed by atoms with Crippen molar-refractivity contribution in [1.82, 2.24) is 0 Å². The first-order valence-electron chi connectivity index (χ1n) is 4.72. The van der Waals surface area contributed by atoms with E-state index in [1.165, 1.54) is 0 Å². The van der Waals surface area contributed by atoms with Crippen LogP contribution < -0.4 is 0 Å². The van der Waals surface area contributed by atoms with Crippen LogP contribution in [0.2, 0.25) is 0 Å². The van der Waals surface area contributed by atoms with Crippen molar-refractivity contribution < 1.29 is 4.79 Å². The lowest BCUT2D eigenvalue weighted by molar-refractivity contribution is -0.114. The van der Waals surface area contributed by atoms with Crippen molar-refractivity contribution >= 4 is 27.9 Å². The van der Waals surface area contributed by atoms with Gasteiger partial charge in [0.1, 0.15) is 4.83 Å². The van der Waals surface area contributed by atoms with Crippen molar-refractivity contribution in [3.8, 4) is 0 Å². The lowest BCUT2D eigenvalue weighted by atomic mass is 10.00. The number of hydrogen-bond donors (Lipinski definition) is 0. The summed E-state index contributed by atoms with van der Waals surface area (Å²) in [5.41, 5.74) is 1.89. The maximum absolute atomic E-state index is 11.7. The highest BCUT2D eigenvalue weighted by Crippen LogP contribution is 2.16. The molecule has 0 saturated carbocycles. The summed E-state index contributed by atoms with van der Waals surface area (Å²) >= 11 is 3.27. The maximum atomic E-state index is 11.7. The highest BCUT2D eigenvalue weighted by Gasteiger charge is 2.20. The first kappa shape index (κ1) is 10.3. The largest absolute Gasteiger partial charge is 0.293 e. The average molecular weight is 264 g/mol. The number of benzene rings is 1. The van der Waals surface area contributed by atoms with Crippen LogP contribution in [0.1, 0.15) is 5.56 Å². The number of halogens is 1. The van der Waals surface area contributed by atoms with Crippen LogP contribution in [-0.2, 0) is 11.2 Å². The second kappa shape index (κ2) is 4.53. The average Bonchev–Trinajstić information content (AvgIpc) is 2.26. The molecule has 0 aliphatic carbocycles. The molecule has 2 rings (SSSR count). The number of allylic oxidation sites excluding steroid dienone is 1. The molecule has 0 amide bonds. The third kappa shape index (κ3) is 2.42. The van der Waals surface area contributed by atoms with E-state index in [2.05, 4.69) is 20.9 Å². The van der Waals surface area contributed by atoms with Gasteiger partial charge in [-0.1, -0.05) is 46.3 Å². The predicted molar refractivity (Wildman–Crippen MR) is 64.4 cm³/mol. The standard InChI is InChI=1S/C12H10BrNO/c13-11-8-14-7-10(12(11)15)6-9-4-2-1-3-5-9/h1-5,7-8,11H,6H2. The summed E-state index contributed by atoms with van der Waals surface area (Å²) in [6, 6.07) is 9.92. The zero-order valence-electron chi connectivity index (χ0n) is 8.06. The van der Waals surface area contributed by atoms with E-state index in [1.807, 2.05) is 30.3 Å². The molecule has 1 atom stereocenters. The van der Waals surface area contributed by atoms with Gasteiger partial charge < -0.3 is 0 Å². The van der Waals surface area contributed by atoms with E-state index < -0.39 is 0 Å². The number of rotatable bonds is 2. The molecule has 0 spiro atoms. The highest BCUT2D eigenvalue weighted by atomic mass is 79.9. The summed E-state index contributed by atoms with van der Waals surface area (Å²) in [5, 5.41) is 0. The molecule has 0 radical (unpaired) electrons. The Labute approximate surface area is 96.9 Å². The fourth-order valence-corrected chi connectivity index (χ4v) is 1.90. The Morgan fingerprint density at radius 3 is 2.73 bits per heavy atom. The van der Waals surface area contributed by atoms with Crippen LogP contribution in [0.4, 0.5) is 0 Å². The van der Waals surface area contributed by atoms with Crippen molar-refractivity contribution in [2.75, 3.05) is 0 Å². The van der Waals surface area contributed by atoms with Gasteiger partial charge in [-0.25, -0.2) is 0 Å².